The molecule has 0 spiro atoms. The third-order valence-corrected chi connectivity index (χ3v) is 7.50. The minimum absolute atomic E-state index is 0.651. The molecule has 250 valence electrons. The van der Waals surface area contributed by atoms with Crippen molar-refractivity contribution < 1.29 is 69.3 Å². The summed E-state index contributed by atoms with van der Waals surface area (Å²) in [6.45, 7) is -2.00. The Labute approximate surface area is 252 Å². The van der Waals surface area contributed by atoms with Gasteiger partial charge >= 0.3 is 0 Å². The van der Waals surface area contributed by atoms with Gasteiger partial charge in [0.15, 0.2) is 18.9 Å². The molecule has 15 atom stereocenters. The Hall–Kier alpha value is -2.01. The van der Waals surface area contributed by atoms with Crippen LogP contribution in [0.5, 0.6) is 0 Å². The maximum Gasteiger partial charge on any atom is 0.176 e. The summed E-state index contributed by atoms with van der Waals surface area (Å²) in [7, 11) is 0. The van der Waals surface area contributed by atoms with Crippen molar-refractivity contribution in [2.45, 2.75) is 91.9 Å². The molecule has 0 aromatic heterocycles. The number of ether oxygens (including phenoxy) is 5. The summed E-state index contributed by atoms with van der Waals surface area (Å²) in [6, 6.07) is 5.83. The van der Waals surface area contributed by atoms with E-state index in [0.29, 0.717) is 0 Å². The smallest absolute Gasteiger partial charge is 0.176 e. The molecule has 0 aliphatic carbocycles. The Bertz CT molecular complexity index is 1020. The number of nitrogens with two attached hydrogens (primary N) is 3. The fourth-order valence-electron chi connectivity index (χ4n) is 4.90. The van der Waals surface area contributed by atoms with E-state index in [2.05, 4.69) is 0 Å². The van der Waals surface area contributed by atoms with Gasteiger partial charge in [-0.15, -0.1) is 0 Å². The molecule has 3 fully saturated rings. The highest BCUT2D eigenvalue weighted by atomic mass is 16.7. The summed E-state index contributed by atoms with van der Waals surface area (Å²) >= 11 is 0. The predicted molar refractivity (Wildman–Crippen MR) is 149 cm³/mol. The number of allylic oxidation sites excluding steroid dienone is 1. The topological polar surface area (TPSA) is 303 Å². The van der Waals surface area contributed by atoms with E-state index in [-0.39, 0.29) is 0 Å². The number of aldehydes is 1. The van der Waals surface area contributed by atoms with Gasteiger partial charge in [0.2, 0.25) is 0 Å². The monoisotopic (exact) mass is 633 g/mol. The lowest BCUT2D eigenvalue weighted by Crippen LogP contribution is -2.69. The second kappa shape index (κ2) is 17.1. The van der Waals surface area contributed by atoms with E-state index in [9.17, 15) is 45.6 Å². The molecule has 3 saturated heterocycles. The molecule has 17 heteroatoms. The van der Waals surface area contributed by atoms with Crippen molar-refractivity contribution >= 4 is 12.4 Å². The van der Waals surface area contributed by atoms with Crippen molar-refractivity contribution in [2.75, 3.05) is 19.8 Å². The molecule has 2 unspecified atom stereocenters. The fourth-order valence-corrected chi connectivity index (χ4v) is 4.90. The first-order valence-corrected chi connectivity index (χ1v) is 13.9. The van der Waals surface area contributed by atoms with Crippen LogP contribution in [0.15, 0.2) is 36.4 Å². The number of carbonyl (C=O) groups is 1. The van der Waals surface area contributed by atoms with Gasteiger partial charge in [0.05, 0.1) is 37.9 Å². The maximum absolute atomic E-state index is 10.8. The quantitative estimate of drug-likeness (QED) is 0.0891. The summed E-state index contributed by atoms with van der Waals surface area (Å²) < 4.78 is 27.4. The van der Waals surface area contributed by atoms with E-state index in [1.807, 2.05) is 30.3 Å². The molecular weight excluding hydrogens is 590 g/mol. The van der Waals surface area contributed by atoms with E-state index in [1.54, 1.807) is 6.08 Å². The first kappa shape index (κ1) is 36.5. The van der Waals surface area contributed by atoms with E-state index >= 15 is 0 Å². The largest absolute Gasteiger partial charge is 0.394 e. The van der Waals surface area contributed by atoms with Crippen LogP contribution in [-0.4, -0.2) is 159 Å². The van der Waals surface area contributed by atoms with E-state index in [0.717, 1.165) is 11.8 Å². The molecule has 0 radical (unpaired) electrons. The molecule has 3 aliphatic heterocycles. The van der Waals surface area contributed by atoms with Crippen LogP contribution < -0.4 is 17.2 Å². The van der Waals surface area contributed by atoms with Gasteiger partial charge in [-0.05, 0) is 11.6 Å². The SMILES string of the molecule is N[C@H]1[C@H](OC2[C@@H](CO)O[C@@H](OC3[C@@H](CO)O[C@@H](O)[C@H](N)[C@H]3O)[C@H](N)[C@H]2O)O[C@H](CO)[C@@H](O)[C@@H]1O.O=C/C=C/c1ccccc1. The second-order valence-corrected chi connectivity index (χ2v) is 10.5. The molecular formula is C27H43N3O14. The summed E-state index contributed by atoms with van der Waals surface area (Å²) in [5.41, 5.74) is 18.6. The molecule has 0 saturated carbocycles. The number of aliphatic hydroxyl groups is 8. The summed E-state index contributed by atoms with van der Waals surface area (Å²) in [5.74, 6) is 0. The van der Waals surface area contributed by atoms with Gasteiger partial charge in [0.25, 0.3) is 0 Å². The number of hydrogen-bond acceptors (Lipinski definition) is 17. The van der Waals surface area contributed by atoms with E-state index in [4.69, 9.17) is 40.9 Å². The van der Waals surface area contributed by atoms with Gasteiger partial charge in [0.1, 0.15) is 61.2 Å². The van der Waals surface area contributed by atoms with Crippen LogP contribution in [-0.2, 0) is 28.5 Å². The number of benzene rings is 1. The maximum atomic E-state index is 10.8. The van der Waals surface area contributed by atoms with E-state index in [1.165, 1.54) is 6.08 Å². The Morgan fingerprint density at radius 2 is 1.14 bits per heavy atom. The van der Waals surface area contributed by atoms with Crippen LogP contribution in [0.25, 0.3) is 6.08 Å². The fraction of sp³-hybridized carbons (Fsp3) is 0.667. The summed E-state index contributed by atoms with van der Waals surface area (Å²) in [4.78, 5) is 9.89. The van der Waals surface area contributed by atoms with Crippen molar-refractivity contribution in [1.82, 2.24) is 0 Å². The van der Waals surface area contributed by atoms with Crippen LogP contribution in [0, 0.1) is 0 Å². The summed E-state index contributed by atoms with van der Waals surface area (Å²) in [5, 5.41) is 79.6. The minimum Gasteiger partial charge on any atom is -0.394 e. The van der Waals surface area contributed by atoms with Crippen molar-refractivity contribution in [3.63, 3.8) is 0 Å². The minimum atomic E-state index is -1.56. The third kappa shape index (κ3) is 8.62. The molecule has 3 aliphatic rings. The van der Waals surface area contributed by atoms with Crippen LogP contribution >= 0.6 is 0 Å². The van der Waals surface area contributed by atoms with Gasteiger partial charge in [-0.25, -0.2) is 0 Å². The zero-order valence-electron chi connectivity index (χ0n) is 23.7. The average Bonchev–Trinajstić information content (AvgIpc) is 3.04. The van der Waals surface area contributed by atoms with Gasteiger partial charge in [-0.1, -0.05) is 36.4 Å². The van der Waals surface area contributed by atoms with Crippen molar-refractivity contribution in [1.29, 1.82) is 0 Å². The molecule has 1 aromatic carbocycles. The first-order chi connectivity index (χ1) is 21.0. The number of carbonyl (C=O) groups excluding carboxylic acids is 1. The lowest BCUT2D eigenvalue weighted by molar-refractivity contribution is -0.348. The zero-order valence-corrected chi connectivity index (χ0v) is 23.7. The Morgan fingerprint density at radius 1 is 0.659 bits per heavy atom. The Balaban J connectivity index is 0.000000448. The van der Waals surface area contributed by atoms with Gasteiger partial charge in [0, 0.05) is 0 Å². The second-order valence-electron chi connectivity index (χ2n) is 10.5. The normalized spacial score (nSPS) is 42.8. The van der Waals surface area contributed by atoms with Crippen molar-refractivity contribution in [3.8, 4) is 0 Å². The molecule has 14 N–H and O–H groups in total. The molecule has 0 bridgehead atoms. The van der Waals surface area contributed by atoms with Gasteiger partial charge in [-0.3, -0.25) is 4.79 Å². The number of aliphatic hydroxyl groups excluding tert-OH is 8. The highest BCUT2D eigenvalue weighted by Gasteiger charge is 2.52. The predicted octanol–water partition coefficient (Wildman–Crippen LogP) is -5.78. The highest BCUT2D eigenvalue weighted by molar-refractivity contribution is 5.73. The molecule has 4 rings (SSSR count). The first-order valence-electron chi connectivity index (χ1n) is 13.9. The van der Waals surface area contributed by atoms with Crippen molar-refractivity contribution in [2.24, 2.45) is 17.2 Å². The molecule has 3 heterocycles. The van der Waals surface area contributed by atoms with Crippen LogP contribution in [0.2, 0.25) is 0 Å². The van der Waals surface area contributed by atoms with Crippen LogP contribution in [0.4, 0.5) is 0 Å². The average molecular weight is 634 g/mol. The van der Waals surface area contributed by atoms with Crippen LogP contribution in [0.3, 0.4) is 0 Å². The lowest BCUT2D eigenvalue weighted by atomic mass is 9.94. The highest BCUT2D eigenvalue weighted by Crippen LogP contribution is 2.31. The van der Waals surface area contributed by atoms with Crippen molar-refractivity contribution in [3.05, 3.63) is 42.0 Å². The van der Waals surface area contributed by atoms with Gasteiger partial charge < -0.3 is 81.7 Å². The molecule has 0 amide bonds. The number of rotatable bonds is 9. The number of hydrogen-bond donors (Lipinski definition) is 11. The Kier molecular flexibility index (Phi) is 14.1. The molecule has 17 nitrogen and oxygen atoms in total. The van der Waals surface area contributed by atoms with E-state index < -0.39 is 112 Å². The standard InChI is InChI=1S/C18H35N3O13.C9H8O/c19-7-12(27)14(5(2-23)30-16(7)29)33-18-9(21)13(28)15(6(3-24)32-18)34-17-8(20)11(26)10(25)4(1-22)31-17;10-8-4-7-9-5-2-1-3-6-9/h4-18,22-29H,1-3,19-21H2;1-8H/b;7-4+/t4-,5-,6-,7-,8-,9-,10-,11-,12-,13-,14?,15?,16-,17+,18+;/m1./s1. The summed E-state index contributed by atoms with van der Waals surface area (Å²) in [6.07, 6.45) is -12.8. The molecule has 44 heavy (non-hydrogen) atoms. The van der Waals surface area contributed by atoms with Crippen LogP contribution in [0.1, 0.15) is 5.56 Å². The molecule has 1 aromatic rings. The lowest BCUT2D eigenvalue weighted by Gasteiger charge is -2.48. The van der Waals surface area contributed by atoms with Gasteiger partial charge in [-0.2, -0.15) is 0 Å². The zero-order chi connectivity index (χ0) is 32.6. The third-order valence-electron chi connectivity index (χ3n) is 7.50. The Morgan fingerprint density at radius 3 is 1.66 bits per heavy atom.